The maximum atomic E-state index is 13.4. The summed E-state index contributed by atoms with van der Waals surface area (Å²) in [6.45, 7) is 1.63. The highest BCUT2D eigenvalue weighted by Gasteiger charge is 2.48. The summed E-state index contributed by atoms with van der Waals surface area (Å²) >= 11 is 0. The molecule has 0 spiro atoms. The number of carbonyl (C=O) groups excluding carboxylic acids is 2. The molecule has 0 saturated carbocycles. The van der Waals surface area contributed by atoms with E-state index in [2.05, 4.69) is 0 Å². The molecule has 2 amide bonds. The Morgan fingerprint density at radius 1 is 0.867 bits per heavy atom. The van der Waals surface area contributed by atoms with Gasteiger partial charge in [0.25, 0.3) is 0 Å². The number of hydrogen-bond acceptors (Lipinski definition) is 4. The lowest BCUT2D eigenvalue weighted by Gasteiger charge is -2.27. The summed E-state index contributed by atoms with van der Waals surface area (Å²) in [4.78, 5) is 27.4. The van der Waals surface area contributed by atoms with Crippen LogP contribution in [-0.2, 0) is 9.53 Å². The zero-order valence-corrected chi connectivity index (χ0v) is 16.6. The third-order valence-electron chi connectivity index (χ3n) is 5.50. The van der Waals surface area contributed by atoms with Crippen molar-refractivity contribution in [1.82, 2.24) is 4.90 Å². The van der Waals surface area contributed by atoms with Gasteiger partial charge in [-0.15, -0.1) is 0 Å². The van der Waals surface area contributed by atoms with Gasteiger partial charge in [0, 0.05) is 0 Å². The molecular formula is C25H23NO4. The van der Waals surface area contributed by atoms with Crippen molar-refractivity contribution in [3.05, 3.63) is 108 Å². The van der Waals surface area contributed by atoms with E-state index in [9.17, 15) is 14.7 Å². The topological polar surface area (TPSA) is 66.8 Å². The van der Waals surface area contributed by atoms with Gasteiger partial charge in [-0.25, -0.2) is 9.69 Å². The van der Waals surface area contributed by atoms with Crippen molar-refractivity contribution < 1.29 is 19.4 Å². The lowest BCUT2D eigenvalue weighted by Crippen LogP contribution is -2.40. The number of aliphatic hydroxyl groups is 1. The van der Waals surface area contributed by atoms with Crippen molar-refractivity contribution in [2.75, 3.05) is 0 Å². The Labute approximate surface area is 175 Å². The lowest BCUT2D eigenvalue weighted by molar-refractivity contribution is -0.136. The van der Waals surface area contributed by atoms with Crippen LogP contribution >= 0.6 is 0 Å². The summed E-state index contributed by atoms with van der Waals surface area (Å²) in [5.41, 5.74) is 2.24. The minimum absolute atomic E-state index is 0.469. The molecule has 0 unspecified atom stereocenters. The van der Waals surface area contributed by atoms with Crippen LogP contribution in [0, 0.1) is 5.92 Å². The molecule has 1 aliphatic heterocycles. The highest BCUT2D eigenvalue weighted by Crippen LogP contribution is 2.44. The summed E-state index contributed by atoms with van der Waals surface area (Å²) in [5.74, 6) is -1.29. The Morgan fingerprint density at radius 2 is 1.37 bits per heavy atom. The zero-order valence-electron chi connectivity index (χ0n) is 16.6. The first-order valence-electron chi connectivity index (χ1n) is 9.94. The van der Waals surface area contributed by atoms with E-state index in [0.29, 0.717) is 5.56 Å². The third kappa shape index (κ3) is 3.72. The normalized spacial score (nSPS) is 20.5. The second-order valence-corrected chi connectivity index (χ2v) is 7.42. The summed E-state index contributed by atoms with van der Waals surface area (Å²) < 4.78 is 5.67. The zero-order chi connectivity index (χ0) is 21.1. The Bertz CT molecular complexity index is 1010. The molecule has 1 aliphatic rings. The minimum Gasteiger partial charge on any atom is -0.438 e. The number of ether oxygens (including phenoxy) is 1. The fraction of sp³-hybridized carbons (Fsp3) is 0.200. The van der Waals surface area contributed by atoms with E-state index < -0.39 is 36.2 Å². The van der Waals surface area contributed by atoms with Crippen LogP contribution in [-0.4, -0.2) is 22.0 Å². The first-order chi connectivity index (χ1) is 14.6. The van der Waals surface area contributed by atoms with Gasteiger partial charge in [0.15, 0.2) is 6.10 Å². The average molecular weight is 401 g/mol. The van der Waals surface area contributed by atoms with Crippen molar-refractivity contribution in [2.45, 2.75) is 25.2 Å². The fourth-order valence-corrected chi connectivity index (χ4v) is 3.87. The molecule has 5 nitrogen and oxygen atoms in total. The molecule has 4 rings (SSSR count). The van der Waals surface area contributed by atoms with Gasteiger partial charge in [0.05, 0.1) is 12.0 Å². The van der Waals surface area contributed by atoms with E-state index in [4.69, 9.17) is 4.74 Å². The van der Waals surface area contributed by atoms with Gasteiger partial charge in [-0.05, 0) is 16.7 Å². The van der Waals surface area contributed by atoms with E-state index in [1.54, 1.807) is 31.2 Å². The van der Waals surface area contributed by atoms with E-state index in [-0.39, 0.29) is 0 Å². The number of cyclic esters (lactones) is 1. The molecule has 1 saturated heterocycles. The first-order valence-corrected chi connectivity index (χ1v) is 9.94. The number of aliphatic hydroxyl groups excluding tert-OH is 1. The monoisotopic (exact) mass is 401 g/mol. The SMILES string of the molecule is C[C@@H](C(=O)N1C(=O)O[C@@H](c2ccccc2)[C@H]1c1ccccc1)[C@@H](O)c1ccccc1. The van der Waals surface area contributed by atoms with Crippen LogP contribution in [0.4, 0.5) is 4.79 Å². The molecule has 1 N–H and O–H groups in total. The largest absolute Gasteiger partial charge is 0.438 e. The van der Waals surface area contributed by atoms with Gasteiger partial charge in [0.2, 0.25) is 5.91 Å². The number of benzene rings is 3. The number of nitrogens with zero attached hydrogens (tertiary/aromatic N) is 1. The first kappa shape index (κ1) is 19.9. The van der Waals surface area contributed by atoms with Crippen LogP contribution in [0.1, 0.15) is 41.9 Å². The van der Waals surface area contributed by atoms with Crippen molar-refractivity contribution in [1.29, 1.82) is 0 Å². The molecule has 3 aromatic carbocycles. The van der Waals surface area contributed by atoms with Gasteiger partial charge >= 0.3 is 6.09 Å². The molecule has 4 atom stereocenters. The van der Waals surface area contributed by atoms with Crippen molar-refractivity contribution in [3.63, 3.8) is 0 Å². The molecule has 0 bridgehead atoms. The quantitative estimate of drug-likeness (QED) is 0.666. The third-order valence-corrected chi connectivity index (χ3v) is 5.50. The van der Waals surface area contributed by atoms with Crippen LogP contribution in [0.15, 0.2) is 91.0 Å². The molecule has 152 valence electrons. The Kier molecular flexibility index (Phi) is 5.63. The Morgan fingerprint density at radius 3 is 1.93 bits per heavy atom. The van der Waals surface area contributed by atoms with Crippen molar-refractivity contribution in [2.24, 2.45) is 5.92 Å². The molecular weight excluding hydrogens is 378 g/mol. The molecule has 1 heterocycles. The molecule has 3 aromatic rings. The number of hydrogen-bond donors (Lipinski definition) is 1. The predicted octanol–water partition coefficient (Wildman–Crippen LogP) is 4.82. The van der Waals surface area contributed by atoms with E-state index >= 15 is 0 Å². The van der Waals surface area contributed by atoms with E-state index in [1.807, 2.05) is 66.7 Å². The maximum absolute atomic E-state index is 13.4. The van der Waals surface area contributed by atoms with Gasteiger partial charge < -0.3 is 9.84 Å². The highest BCUT2D eigenvalue weighted by molar-refractivity contribution is 5.95. The number of imide groups is 1. The molecule has 5 heteroatoms. The molecule has 0 aromatic heterocycles. The van der Waals surface area contributed by atoms with Crippen LogP contribution in [0.5, 0.6) is 0 Å². The summed E-state index contributed by atoms with van der Waals surface area (Å²) in [7, 11) is 0. The van der Waals surface area contributed by atoms with Crippen LogP contribution in [0.25, 0.3) is 0 Å². The van der Waals surface area contributed by atoms with E-state index in [0.717, 1.165) is 16.0 Å². The predicted molar refractivity (Wildman–Crippen MR) is 112 cm³/mol. The summed E-state index contributed by atoms with van der Waals surface area (Å²) in [6.07, 6.45) is -2.35. The number of rotatable bonds is 5. The second kappa shape index (κ2) is 8.51. The minimum atomic E-state index is -1.03. The van der Waals surface area contributed by atoms with Gasteiger partial charge in [0.1, 0.15) is 6.04 Å². The Hall–Kier alpha value is -3.44. The average Bonchev–Trinajstić information content (AvgIpc) is 3.16. The van der Waals surface area contributed by atoms with Crippen LogP contribution in [0.2, 0.25) is 0 Å². The van der Waals surface area contributed by atoms with Gasteiger partial charge in [-0.1, -0.05) is 97.9 Å². The number of amides is 2. The summed E-state index contributed by atoms with van der Waals surface area (Å²) in [5, 5.41) is 10.7. The standard InChI is InChI=1S/C25H23NO4/c1-17(22(27)19-13-7-3-8-14-19)24(28)26-21(18-11-5-2-6-12-18)23(30-25(26)29)20-15-9-4-10-16-20/h2-17,21-23,27H,1H3/t17-,21-,22-,23+/m1/s1. The van der Waals surface area contributed by atoms with Gasteiger partial charge in [-0.2, -0.15) is 0 Å². The van der Waals surface area contributed by atoms with Crippen LogP contribution in [0.3, 0.4) is 0 Å². The maximum Gasteiger partial charge on any atom is 0.417 e. The molecule has 0 radical (unpaired) electrons. The molecule has 30 heavy (non-hydrogen) atoms. The fourth-order valence-electron chi connectivity index (χ4n) is 3.87. The van der Waals surface area contributed by atoms with Crippen molar-refractivity contribution >= 4 is 12.0 Å². The number of carbonyl (C=O) groups is 2. The van der Waals surface area contributed by atoms with Crippen LogP contribution < -0.4 is 0 Å². The van der Waals surface area contributed by atoms with Gasteiger partial charge in [-0.3, -0.25) is 4.79 Å². The summed E-state index contributed by atoms with van der Waals surface area (Å²) in [6, 6.07) is 27.1. The highest BCUT2D eigenvalue weighted by atomic mass is 16.6. The van der Waals surface area contributed by atoms with E-state index in [1.165, 1.54) is 0 Å². The molecule has 1 fully saturated rings. The smallest absolute Gasteiger partial charge is 0.417 e. The molecule has 0 aliphatic carbocycles. The second-order valence-electron chi connectivity index (χ2n) is 7.42. The lowest BCUT2D eigenvalue weighted by atomic mass is 9.92. The van der Waals surface area contributed by atoms with Crippen molar-refractivity contribution in [3.8, 4) is 0 Å². The Balaban J connectivity index is 1.69.